The zero-order valence-corrected chi connectivity index (χ0v) is 42.9. The molecule has 0 saturated heterocycles. The summed E-state index contributed by atoms with van der Waals surface area (Å²) >= 11 is 0. The van der Waals surface area contributed by atoms with Crippen molar-refractivity contribution in [1.82, 2.24) is 0 Å². The summed E-state index contributed by atoms with van der Waals surface area (Å²) in [4.78, 5) is 38.0. The van der Waals surface area contributed by atoms with Crippen molar-refractivity contribution in [2.45, 2.75) is 252 Å². The maximum Gasteiger partial charge on any atom is 0.306 e. The van der Waals surface area contributed by atoms with Gasteiger partial charge in [-0.2, -0.15) is 0 Å². The van der Waals surface area contributed by atoms with Gasteiger partial charge in [0.05, 0.1) is 0 Å². The van der Waals surface area contributed by atoms with Gasteiger partial charge in [-0.25, -0.2) is 0 Å². The molecule has 0 aliphatic heterocycles. The molecule has 0 aromatic heterocycles. The van der Waals surface area contributed by atoms with Crippen molar-refractivity contribution in [3.05, 3.63) is 97.2 Å². The Bertz CT molecular complexity index is 1330. The molecule has 1 atom stereocenters. The monoisotopic (exact) mass is 917 g/mol. The Morgan fingerprint density at radius 2 is 0.621 bits per heavy atom. The van der Waals surface area contributed by atoms with E-state index in [4.69, 9.17) is 14.2 Å². The molecule has 0 amide bonds. The molecule has 0 rings (SSSR count). The van der Waals surface area contributed by atoms with Crippen LogP contribution in [0.15, 0.2) is 97.2 Å². The minimum atomic E-state index is -0.821. The van der Waals surface area contributed by atoms with E-state index in [9.17, 15) is 14.4 Å². The van der Waals surface area contributed by atoms with Crippen molar-refractivity contribution in [3.8, 4) is 0 Å². The molecule has 0 aromatic rings. The number of rotatable bonds is 48. The van der Waals surface area contributed by atoms with Crippen LogP contribution in [0.4, 0.5) is 0 Å². The van der Waals surface area contributed by atoms with Gasteiger partial charge in [0.25, 0.3) is 0 Å². The van der Waals surface area contributed by atoms with Gasteiger partial charge in [-0.3, -0.25) is 14.4 Å². The SMILES string of the molecule is CCCCC\C=C/C=C\C=C/C=C\CCCCCCCC(=O)OCC(COC(=O)CCCCC/C=C\CCCCCCCC)OC(=O)CCC/C=C\C/C=C\C/C=C\CCCCCCCC. The zero-order chi connectivity index (χ0) is 47.9. The highest BCUT2D eigenvalue weighted by molar-refractivity contribution is 5.71. The number of esters is 3. The summed E-state index contributed by atoms with van der Waals surface area (Å²) < 4.78 is 16.7. The Kier molecular flexibility index (Phi) is 50.9. The first-order valence-corrected chi connectivity index (χ1v) is 27.3. The Morgan fingerprint density at radius 1 is 0.318 bits per heavy atom. The molecule has 0 aliphatic rings. The lowest BCUT2D eigenvalue weighted by Gasteiger charge is -2.18. The molecule has 376 valence electrons. The molecular formula is C60H100O6. The molecular weight excluding hydrogens is 817 g/mol. The van der Waals surface area contributed by atoms with Gasteiger partial charge in [-0.15, -0.1) is 0 Å². The van der Waals surface area contributed by atoms with Crippen LogP contribution >= 0.6 is 0 Å². The third kappa shape index (κ3) is 51.3. The van der Waals surface area contributed by atoms with Crippen LogP contribution in [0.2, 0.25) is 0 Å². The van der Waals surface area contributed by atoms with Crippen molar-refractivity contribution >= 4 is 17.9 Å². The van der Waals surface area contributed by atoms with Crippen LogP contribution < -0.4 is 0 Å². The summed E-state index contributed by atoms with van der Waals surface area (Å²) in [6.45, 7) is 6.51. The summed E-state index contributed by atoms with van der Waals surface area (Å²) in [6.07, 6.45) is 71.1. The summed E-state index contributed by atoms with van der Waals surface area (Å²) in [5.41, 5.74) is 0. The fourth-order valence-electron chi connectivity index (χ4n) is 7.23. The average molecular weight is 917 g/mol. The van der Waals surface area contributed by atoms with Gasteiger partial charge in [0.1, 0.15) is 13.2 Å². The van der Waals surface area contributed by atoms with Crippen LogP contribution in [0.3, 0.4) is 0 Å². The Hall–Kier alpha value is -3.67. The molecule has 1 unspecified atom stereocenters. The molecule has 0 N–H and O–H groups in total. The quantitative estimate of drug-likeness (QED) is 0.0199. The van der Waals surface area contributed by atoms with Gasteiger partial charge in [0, 0.05) is 19.3 Å². The molecule has 66 heavy (non-hydrogen) atoms. The largest absolute Gasteiger partial charge is 0.462 e. The topological polar surface area (TPSA) is 78.9 Å². The fraction of sp³-hybridized carbons (Fsp3) is 0.683. The molecule has 6 heteroatoms. The van der Waals surface area contributed by atoms with Gasteiger partial charge in [-0.05, 0) is 103 Å². The minimum Gasteiger partial charge on any atom is -0.462 e. The minimum absolute atomic E-state index is 0.114. The number of carbonyl (C=O) groups excluding carboxylic acids is 3. The number of unbranched alkanes of at least 4 members (excludes halogenated alkanes) is 24. The second kappa shape index (κ2) is 53.9. The van der Waals surface area contributed by atoms with E-state index in [0.29, 0.717) is 19.3 Å². The van der Waals surface area contributed by atoms with Gasteiger partial charge < -0.3 is 14.2 Å². The van der Waals surface area contributed by atoms with E-state index in [1.807, 2.05) is 0 Å². The first-order chi connectivity index (χ1) is 32.5. The third-order valence-electron chi connectivity index (χ3n) is 11.4. The summed E-state index contributed by atoms with van der Waals surface area (Å²) in [5, 5.41) is 0. The molecule has 0 radical (unpaired) electrons. The Balaban J connectivity index is 4.54. The number of ether oxygens (including phenoxy) is 3. The predicted octanol–water partition coefficient (Wildman–Crippen LogP) is 18.1. The number of carbonyl (C=O) groups is 3. The van der Waals surface area contributed by atoms with Crippen LogP contribution in [0, 0.1) is 0 Å². The van der Waals surface area contributed by atoms with E-state index in [1.165, 1.54) is 103 Å². The molecule has 0 saturated carbocycles. The van der Waals surface area contributed by atoms with Crippen molar-refractivity contribution in [3.63, 3.8) is 0 Å². The zero-order valence-electron chi connectivity index (χ0n) is 42.9. The van der Waals surface area contributed by atoms with Gasteiger partial charge >= 0.3 is 17.9 Å². The van der Waals surface area contributed by atoms with E-state index in [2.05, 4.69) is 118 Å². The predicted molar refractivity (Wildman–Crippen MR) is 284 cm³/mol. The van der Waals surface area contributed by atoms with E-state index >= 15 is 0 Å². The molecule has 0 heterocycles. The Labute approximate surface area is 407 Å². The maximum absolute atomic E-state index is 12.8. The number of hydrogen-bond acceptors (Lipinski definition) is 6. The highest BCUT2D eigenvalue weighted by atomic mass is 16.6. The van der Waals surface area contributed by atoms with Gasteiger partial charge in [0.15, 0.2) is 6.10 Å². The van der Waals surface area contributed by atoms with E-state index < -0.39 is 6.10 Å². The first kappa shape index (κ1) is 62.3. The van der Waals surface area contributed by atoms with E-state index in [1.54, 1.807) is 0 Å². The molecule has 0 spiro atoms. The standard InChI is InChI=1S/C60H100O6/c1-4-7-10-13-16-19-22-25-27-29-31-32-35-38-41-44-47-50-53-59(62)65-56-57(55-64-58(61)52-49-46-43-40-37-34-24-21-18-15-12-9-6-3)66-60(63)54-51-48-45-42-39-36-33-30-28-26-23-20-17-14-11-8-5-2/h16,19,22,25-29,31-34,36-37,42,45,57H,4-15,17-18,20-21,23-24,30,35,38-41,43-44,46-56H2,1-3H3/b19-16-,25-22-,28-26-,29-27-,32-31-,36-33-,37-34-,45-42-. The van der Waals surface area contributed by atoms with Crippen LogP contribution in [0.25, 0.3) is 0 Å². The molecule has 0 fully saturated rings. The first-order valence-electron chi connectivity index (χ1n) is 27.3. The van der Waals surface area contributed by atoms with E-state index in [0.717, 1.165) is 96.3 Å². The lowest BCUT2D eigenvalue weighted by Crippen LogP contribution is -2.30. The van der Waals surface area contributed by atoms with Crippen LogP contribution in [0.1, 0.15) is 245 Å². The summed E-state index contributed by atoms with van der Waals surface area (Å²) in [5.74, 6) is -1.01. The van der Waals surface area contributed by atoms with Gasteiger partial charge in [0.2, 0.25) is 0 Å². The third-order valence-corrected chi connectivity index (χ3v) is 11.4. The summed E-state index contributed by atoms with van der Waals surface area (Å²) in [7, 11) is 0. The fourth-order valence-corrected chi connectivity index (χ4v) is 7.23. The molecule has 0 aromatic carbocycles. The molecule has 0 bridgehead atoms. The number of hydrogen-bond donors (Lipinski definition) is 0. The second-order valence-electron chi connectivity index (χ2n) is 17.9. The van der Waals surface area contributed by atoms with Crippen molar-refractivity contribution < 1.29 is 28.6 Å². The highest BCUT2D eigenvalue weighted by Gasteiger charge is 2.19. The number of allylic oxidation sites excluding steroid dienone is 16. The maximum atomic E-state index is 12.8. The van der Waals surface area contributed by atoms with Crippen LogP contribution in [-0.4, -0.2) is 37.2 Å². The lowest BCUT2D eigenvalue weighted by atomic mass is 10.1. The highest BCUT2D eigenvalue weighted by Crippen LogP contribution is 2.13. The summed E-state index contributed by atoms with van der Waals surface area (Å²) in [6, 6.07) is 0. The van der Waals surface area contributed by atoms with Gasteiger partial charge in [-0.1, -0.05) is 221 Å². The lowest BCUT2D eigenvalue weighted by molar-refractivity contribution is -0.167. The molecule has 6 nitrogen and oxygen atoms in total. The molecule has 0 aliphatic carbocycles. The van der Waals surface area contributed by atoms with Crippen LogP contribution in [0.5, 0.6) is 0 Å². The normalized spacial score (nSPS) is 12.8. The second-order valence-corrected chi connectivity index (χ2v) is 17.9. The van der Waals surface area contributed by atoms with E-state index in [-0.39, 0.29) is 37.5 Å². The Morgan fingerprint density at radius 3 is 1.09 bits per heavy atom. The van der Waals surface area contributed by atoms with Crippen LogP contribution in [-0.2, 0) is 28.6 Å². The van der Waals surface area contributed by atoms with Crippen molar-refractivity contribution in [2.75, 3.05) is 13.2 Å². The van der Waals surface area contributed by atoms with Crippen molar-refractivity contribution in [1.29, 1.82) is 0 Å². The van der Waals surface area contributed by atoms with Crippen molar-refractivity contribution in [2.24, 2.45) is 0 Å². The smallest absolute Gasteiger partial charge is 0.306 e. The average Bonchev–Trinajstić information content (AvgIpc) is 3.31.